The van der Waals surface area contributed by atoms with Gasteiger partial charge >= 0.3 is 0 Å². The van der Waals surface area contributed by atoms with Crippen molar-refractivity contribution in [1.82, 2.24) is 19.9 Å². The van der Waals surface area contributed by atoms with Crippen LogP contribution in [0.15, 0.2) is 47.4 Å². The minimum atomic E-state index is -0.412. The molecule has 4 aromatic rings. The van der Waals surface area contributed by atoms with Crippen LogP contribution in [0.4, 0.5) is 4.39 Å². The molecule has 0 unspecified atom stereocenters. The van der Waals surface area contributed by atoms with Gasteiger partial charge < -0.3 is 10.1 Å². The highest BCUT2D eigenvalue weighted by Gasteiger charge is 2.22. The van der Waals surface area contributed by atoms with E-state index in [1.54, 1.807) is 42.0 Å². The fourth-order valence-electron chi connectivity index (χ4n) is 4.17. The minimum Gasteiger partial charge on any atom is -0.439 e. The number of nitrogens with zero attached hydrogens (tertiary/aromatic N) is 3. The average Bonchev–Trinajstić information content (AvgIpc) is 2.99. The summed E-state index contributed by atoms with van der Waals surface area (Å²) in [4.78, 5) is 36.2. The van der Waals surface area contributed by atoms with Crippen LogP contribution in [0, 0.1) is 12.7 Å². The number of benzene rings is 1. The molecular weight excluding hydrogens is 455 g/mol. The lowest BCUT2D eigenvalue weighted by Gasteiger charge is -2.11. The molecule has 5 rings (SSSR count). The van der Waals surface area contributed by atoms with Gasteiger partial charge in [0.25, 0.3) is 11.5 Å². The summed E-state index contributed by atoms with van der Waals surface area (Å²) in [6, 6.07) is 9.31. The van der Waals surface area contributed by atoms with E-state index in [0.29, 0.717) is 38.5 Å². The number of hydrogen-bond donors (Lipinski definition) is 1. The fourth-order valence-corrected chi connectivity index (χ4v) is 5.28. The predicted octanol–water partition coefficient (Wildman–Crippen LogP) is 4.75. The highest BCUT2D eigenvalue weighted by Crippen LogP contribution is 2.29. The number of fused-ring (bicyclic) bond motifs is 2. The maximum atomic E-state index is 13.5. The van der Waals surface area contributed by atoms with Crippen molar-refractivity contribution in [3.63, 3.8) is 0 Å². The average molecular weight is 479 g/mol. The van der Waals surface area contributed by atoms with E-state index in [-0.39, 0.29) is 23.9 Å². The number of nitrogens with one attached hydrogen (secondary N) is 1. The summed E-state index contributed by atoms with van der Waals surface area (Å²) in [7, 11) is 0. The summed E-state index contributed by atoms with van der Waals surface area (Å²) < 4.78 is 21.0. The molecule has 0 bridgehead atoms. The third-order valence-corrected chi connectivity index (χ3v) is 7.10. The molecule has 0 fully saturated rings. The van der Waals surface area contributed by atoms with E-state index in [0.717, 1.165) is 31.5 Å². The summed E-state index contributed by atoms with van der Waals surface area (Å²) in [5, 5.41) is 3.42. The van der Waals surface area contributed by atoms with Gasteiger partial charge in [0.2, 0.25) is 5.88 Å². The quantitative estimate of drug-likeness (QED) is 0.447. The molecule has 0 aliphatic carbocycles. The van der Waals surface area contributed by atoms with Crippen molar-refractivity contribution in [2.75, 3.05) is 0 Å². The molecule has 9 heteroatoms. The molecule has 0 spiro atoms. The molecule has 1 aliphatic rings. The lowest BCUT2D eigenvalue weighted by Crippen LogP contribution is -2.25. The third-order valence-electron chi connectivity index (χ3n) is 5.92. The number of halogens is 1. The number of carbonyl (C=O) groups excluding carboxylic acids is 1. The van der Waals surface area contributed by atoms with E-state index in [4.69, 9.17) is 9.72 Å². The topological polar surface area (TPSA) is 86.1 Å². The third kappa shape index (κ3) is 4.31. The molecule has 0 radical (unpaired) electrons. The van der Waals surface area contributed by atoms with Crippen molar-refractivity contribution < 1.29 is 13.9 Å². The summed E-state index contributed by atoms with van der Waals surface area (Å²) in [5.41, 5.74) is 1.23. The minimum absolute atomic E-state index is 0.0623. The largest absolute Gasteiger partial charge is 0.439 e. The molecule has 1 aliphatic heterocycles. The van der Waals surface area contributed by atoms with Gasteiger partial charge in [-0.15, -0.1) is 11.3 Å². The van der Waals surface area contributed by atoms with Gasteiger partial charge in [0.15, 0.2) is 0 Å². The van der Waals surface area contributed by atoms with E-state index >= 15 is 0 Å². The fraction of sp³-hybridized carbons (Fsp3) is 0.280. The molecule has 34 heavy (non-hydrogen) atoms. The van der Waals surface area contributed by atoms with Crippen LogP contribution in [0.1, 0.15) is 45.9 Å². The second-order valence-corrected chi connectivity index (χ2v) is 9.24. The summed E-state index contributed by atoms with van der Waals surface area (Å²) in [6.45, 7) is 2.62. The van der Waals surface area contributed by atoms with Gasteiger partial charge in [-0.1, -0.05) is 18.6 Å². The summed E-state index contributed by atoms with van der Waals surface area (Å²) in [6.07, 6.45) is 5.41. The Balaban J connectivity index is 1.38. The smallest absolute Gasteiger partial charge is 0.262 e. The van der Waals surface area contributed by atoms with Crippen LogP contribution >= 0.6 is 11.3 Å². The first kappa shape index (κ1) is 22.2. The first-order valence-corrected chi connectivity index (χ1v) is 12.0. The van der Waals surface area contributed by atoms with Crippen LogP contribution in [0.2, 0.25) is 0 Å². The van der Waals surface area contributed by atoms with Crippen LogP contribution in [0.5, 0.6) is 11.6 Å². The molecule has 0 atom stereocenters. The molecule has 0 saturated heterocycles. The lowest BCUT2D eigenvalue weighted by atomic mass is 10.2. The molecule has 0 saturated carbocycles. The van der Waals surface area contributed by atoms with Gasteiger partial charge in [0.1, 0.15) is 22.2 Å². The van der Waals surface area contributed by atoms with Crippen molar-refractivity contribution in [1.29, 1.82) is 0 Å². The molecule has 174 valence electrons. The van der Waals surface area contributed by atoms with Crippen LogP contribution < -0.4 is 15.6 Å². The van der Waals surface area contributed by atoms with Gasteiger partial charge in [-0.2, -0.15) is 0 Å². The summed E-state index contributed by atoms with van der Waals surface area (Å²) >= 11 is 1.24. The number of ether oxygens (including phenoxy) is 1. The first-order chi connectivity index (χ1) is 16.5. The Morgan fingerprint density at radius 3 is 2.97 bits per heavy atom. The molecule has 3 aromatic heterocycles. The Morgan fingerprint density at radius 1 is 1.24 bits per heavy atom. The number of rotatable bonds is 5. The summed E-state index contributed by atoms with van der Waals surface area (Å²) in [5.74, 6) is 0.701. The molecular formula is C25H23FN4O3S. The van der Waals surface area contributed by atoms with Crippen molar-refractivity contribution in [3.05, 3.63) is 80.6 Å². The zero-order chi connectivity index (χ0) is 23.7. The Morgan fingerprint density at radius 2 is 2.12 bits per heavy atom. The normalized spacial score (nSPS) is 13.4. The zero-order valence-electron chi connectivity index (χ0n) is 18.6. The monoisotopic (exact) mass is 478 g/mol. The standard InChI is InChI=1S/C25H23FN4O3S/c1-15-20-24(29-19-10-3-2-4-12-30(19)25(20)32)34-21(15)22(31)28-14-16-7-6-11-27-23(16)33-18-9-5-8-17(26)13-18/h5-9,11,13H,2-4,10,12,14H2,1H3,(H,28,31). The van der Waals surface area contributed by atoms with Gasteiger partial charge in [-0.3, -0.25) is 14.2 Å². The number of pyridine rings is 1. The van der Waals surface area contributed by atoms with Gasteiger partial charge in [-0.25, -0.2) is 14.4 Å². The number of aryl methyl sites for hydroxylation is 2. The molecule has 1 aromatic carbocycles. The first-order valence-electron chi connectivity index (χ1n) is 11.2. The second-order valence-electron chi connectivity index (χ2n) is 8.24. The molecule has 7 nitrogen and oxygen atoms in total. The van der Waals surface area contributed by atoms with Crippen LogP contribution in [-0.2, 0) is 19.5 Å². The highest BCUT2D eigenvalue weighted by molar-refractivity contribution is 7.20. The number of hydrogen-bond acceptors (Lipinski definition) is 6. The Bertz CT molecular complexity index is 1450. The van der Waals surface area contributed by atoms with E-state index in [1.807, 2.05) is 0 Å². The number of amides is 1. The van der Waals surface area contributed by atoms with E-state index in [9.17, 15) is 14.0 Å². The SMILES string of the molecule is Cc1c(C(=O)NCc2cccnc2Oc2cccc(F)c2)sc2nc3n(c(=O)c12)CCCCC3. The number of thiophene rings is 1. The van der Waals surface area contributed by atoms with Gasteiger partial charge in [0.05, 0.1) is 10.3 Å². The van der Waals surface area contributed by atoms with E-state index in [1.165, 1.54) is 23.5 Å². The molecule has 1 amide bonds. The molecule has 4 heterocycles. The highest BCUT2D eigenvalue weighted by atomic mass is 32.1. The van der Waals surface area contributed by atoms with Crippen LogP contribution in [0.25, 0.3) is 10.2 Å². The number of aromatic nitrogens is 3. The lowest BCUT2D eigenvalue weighted by molar-refractivity contribution is 0.0954. The predicted molar refractivity (Wildman–Crippen MR) is 128 cm³/mol. The van der Waals surface area contributed by atoms with Gasteiger partial charge in [-0.05, 0) is 43.5 Å². The Hall–Kier alpha value is -3.59. The maximum absolute atomic E-state index is 13.5. The Kier molecular flexibility index (Phi) is 6.10. The van der Waals surface area contributed by atoms with E-state index < -0.39 is 5.82 Å². The second kappa shape index (κ2) is 9.34. The van der Waals surface area contributed by atoms with Crippen molar-refractivity contribution in [2.24, 2.45) is 0 Å². The van der Waals surface area contributed by atoms with Crippen molar-refractivity contribution in [3.8, 4) is 11.6 Å². The Labute approximate surface area is 199 Å². The van der Waals surface area contributed by atoms with Gasteiger partial charge in [0, 0.05) is 37.3 Å². The van der Waals surface area contributed by atoms with Crippen molar-refractivity contribution in [2.45, 2.75) is 45.7 Å². The van der Waals surface area contributed by atoms with Crippen LogP contribution in [0.3, 0.4) is 0 Å². The van der Waals surface area contributed by atoms with Crippen molar-refractivity contribution >= 4 is 27.5 Å². The van der Waals surface area contributed by atoms with E-state index in [2.05, 4.69) is 10.3 Å². The maximum Gasteiger partial charge on any atom is 0.262 e. The zero-order valence-corrected chi connectivity index (χ0v) is 19.5. The molecule has 1 N–H and O–H groups in total. The van der Waals surface area contributed by atoms with Crippen LogP contribution in [-0.4, -0.2) is 20.4 Å². The number of carbonyl (C=O) groups is 1.